The summed E-state index contributed by atoms with van der Waals surface area (Å²) in [6.45, 7) is 2.30. The first kappa shape index (κ1) is 27.3. The fourth-order valence-electron chi connectivity index (χ4n) is 4.02. The summed E-state index contributed by atoms with van der Waals surface area (Å²) < 4.78 is 0. The van der Waals surface area contributed by atoms with Crippen LogP contribution in [0.4, 0.5) is 5.69 Å². The summed E-state index contributed by atoms with van der Waals surface area (Å²) in [7, 11) is 4.29. The molecule has 0 fully saturated rings. The van der Waals surface area contributed by atoms with Crippen molar-refractivity contribution in [3.05, 3.63) is 29.8 Å². The first-order valence-electron chi connectivity index (χ1n) is 12.0. The Hall–Kier alpha value is -0.690. The largest absolute Gasteiger partial charge is 0.377 e. The van der Waals surface area contributed by atoms with Crippen molar-refractivity contribution < 1.29 is 0 Å². The molecule has 0 aliphatic rings. The van der Waals surface area contributed by atoms with Gasteiger partial charge in [-0.15, -0.1) is 12.4 Å². The van der Waals surface area contributed by atoms with Gasteiger partial charge >= 0.3 is 0 Å². The van der Waals surface area contributed by atoms with E-state index in [0.29, 0.717) is 0 Å². The monoisotopic (exact) mass is 409 g/mol. The first-order chi connectivity index (χ1) is 13.3. The minimum atomic E-state index is 0. The molecule has 0 aliphatic carbocycles. The van der Waals surface area contributed by atoms with Crippen LogP contribution in [0, 0.1) is 0 Å². The summed E-state index contributed by atoms with van der Waals surface area (Å²) in [5.41, 5.74) is 2.89. The van der Waals surface area contributed by atoms with Crippen molar-refractivity contribution in [2.45, 2.75) is 116 Å². The number of halogens is 1. The molecular formula is C26H48ClN. The van der Waals surface area contributed by atoms with Crippen LogP contribution in [0.3, 0.4) is 0 Å². The molecule has 2 heteroatoms. The summed E-state index contributed by atoms with van der Waals surface area (Å²) in [4.78, 5) is 2.24. The molecular weight excluding hydrogens is 362 g/mol. The van der Waals surface area contributed by atoms with Crippen LogP contribution < -0.4 is 4.90 Å². The number of anilines is 1. The molecule has 0 radical (unpaired) electrons. The Bertz CT molecular complexity index is 444. The highest BCUT2D eigenvalue weighted by Crippen LogP contribution is 2.21. The predicted octanol–water partition coefficient (Wildman–Crippen LogP) is 8.98. The molecule has 1 aromatic rings. The van der Waals surface area contributed by atoms with Crippen molar-refractivity contribution in [1.29, 1.82) is 0 Å². The molecule has 0 N–H and O–H groups in total. The van der Waals surface area contributed by atoms with Gasteiger partial charge in [-0.05, 0) is 24.5 Å². The predicted molar refractivity (Wildman–Crippen MR) is 131 cm³/mol. The fourth-order valence-corrected chi connectivity index (χ4v) is 4.02. The maximum absolute atomic E-state index is 2.30. The van der Waals surface area contributed by atoms with Crippen molar-refractivity contribution in [2.75, 3.05) is 19.0 Å². The lowest BCUT2D eigenvalue weighted by atomic mass is 10.0. The quantitative estimate of drug-likeness (QED) is 0.218. The topological polar surface area (TPSA) is 3.24 Å². The Labute approximate surface area is 183 Å². The maximum Gasteiger partial charge on any atom is 0.0393 e. The number of hydrogen-bond donors (Lipinski definition) is 0. The molecule has 0 heterocycles. The number of unbranched alkanes of at least 4 members (excludes halogenated alkanes) is 15. The summed E-state index contributed by atoms with van der Waals surface area (Å²) in [5, 5.41) is 0. The lowest BCUT2D eigenvalue weighted by Gasteiger charge is -2.17. The van der Waals surface area contributed by atoms with E-state index >= 15 is 0 Å². The average Bonchev–Trinajstić information content (AvgIpc) is 2.68. The molecule has 0 aromatic heterocycles. The second-order valence-corrected chi connectivity index (χ2v) is 8.58. The number of para-hydroxylation sites is 1. The van der Waals surface area contributed by atoms with Crippen LogP contribution in [0.5, 0.6) is 0 Å². The molecule has 0 saturated carbocycles. The van der Waals surface area contributed by atoms with Crippen molar-refractivity contribution >= 4 is 18.1 Å². The van der Waals surface area contributed by atoms with E-state index in [0.717, 1.165) is 0 Å². The van der Waals surface area contributed by atoms with Gasteiger partial charge in [0.25, 0.3) is 0 Å². The third-order valence-electron chi connectivity index (χ3n) is 5.77. The Morgan fingerprint density at radius 1 is 0.571 bits per heavy atom. The highest BCUT2D eigenvalue weighted by atomic mass is 35.5. The van der Waals surface area contributed by atoms with Gasteiger partial charge in [0.05, 0.1) is 0 Å². The molecule has 0 amide bonds. The zero-order valence-corrected chi connectivity index (χ0v) is 20.0. The van der Waals surface area contributed by atoms with Crippen LogP contribution in [0.15, 0.2) is 24.3 Å². The van der Waals surface area contributed by atoms with Crippen LogP contribution in [0.1, 0.15) is 115 Å². The van der Waals surface area contributed by atoms with E-state index in [1.54, 1.807) is 0 Å². The van der Waals surface area contributed by atoms with Gasteiger partial charge < -0.3 is 4.90 Å². The normalized spacial score (nSPS) is 10.7. The van der Waals surface area contributed by atoms with Gasteiger partial charge in [-0.2, -0.15) is 0 Å². The second-order valence-electron chi connectivity index (χ2n) is 8.58. The summed E-state index contributed by atoms with van der Waals surface area (Å²) in [6, 6.07) is 8.85. The number of rotatable bonds is 18. The number of hydrogen-bond acceptors (Lipinski definition) is 1. The Kier molecular flexibility index (Phi) is 19.1. The minimum Gasteiger partial charge on any atom is -0.377 e. The molecule has 0 unspecified atom stereocenters. The summed E-state index contributed by atoms with van der Waals surface area (Å²) in [5.74, 6) is 0. The molecule has 1 aromatic carbocycles. The van der Waals surface area contributed by atoms with Gasteiger partial charge in [0.1, 0.15) is 0 Å². The number of benzene rings is 1. The lowest BCUT2D eigenvalue weighted by molar-refractivity contribution is 0.529. The van der Waals surface area contributed by atoms with Crippen LogP contribution in [-0.2, 0) is 6.42 Å². The Balaban J connectivity index is 0.00000729. The van der Waals surface area contributed by atoms with E-state index in [2.05, 4.69) is 50.2 Å². The van der Waals surface area contributed by atoms with Gasteiger partial charge in [0.15, 0.2) is 0 Å². The van der Waals surface area contributed by atoms with Gasteiger partial charge in [-0.3, -0.25) is 0 Å². The number of aryl methyl sites for hydroxylation is 1. The van der Waals surface area contributed by atoms with Crippen LogP contribution in [0.25, 0.3) is 0 Å². The van der Waals surface area contributed by atoms with Crippen LogP contribution >= 0.6 is 12.4 Å². The second kappa shape index (κ2) is 19.6. The van der Waals surface area contributed by atoms with Crippen LogP contribution in [-0.4, -0.2) is 14.1 Å². The highest BCUT2D eigenvalue weighted by molar-refractivity contribution is 5.85. The zero-order valence-electron chi connectivity index (χ0n) is 19.2. The molecule has 0 spiro atoms. The molecule has 1 nitrogen and oxygen atoms in total. The standard InChI is InChI=1S/C26H47N.ClH/c1-4-5-6-7-8-9-10-11-12-13-14-15-16-17-18-19-22-25-23-20-21-24-26(25)27(2)3;/h20-21,23-24H,4-19,22H2,1-3H3;1H. The van der Waals surface area contributed by atoms with E-state index in [1.165, 1.54) is 120 Å². The molecule has 0 atom stereocenters. The Morgan fingerprint density at radius 3 is 1.39 bits per heavy atom. The van der Waals surface area contributed by atoms with Gasteiger partial charge in [0, 0.05) is 19.8 Å². The average molecular weight is 410 g/mol. The molecule has 0 bridgehead atoms. The van der Waals surface area contributed by atoms with E-state index in [4.69, 9.17) is 0 Å². The van der Waals surface area contributed by atoms with Gasteiger partial charge in [0.2, 0.25) is 0 Å². The first-order valence-corrected chi connectivity index (χ1v) is 12.0. The third-order valence-corrected chi connectivity index (χ3v) is 5.77. The smallest absolute Gasteiger partial charge is 0.0393 e. The van der Waals surface area contributed by atoms with Crippen molar-refractivity contribution in [3.63, 3.8) is 0 Å². The molecule has 28 heavy (non-hydrogen) atoms. The van der Waals surface area contributed by atoms with Gasteiger partial charge in [-0.1, -0.05) is 121 Å². The fraction of sp³-hybridized carbons (Fsp3) is 0.769. The van der Waals surface area contributed by atoms with E-state index in [-0.39, 0.29) is 12.4 Å². The van der Waals surface area contributed by atoms with Gasteiger partial charge in [-0.25, -0.2) is 0 Å². The third kappa shape index (κ3) is 14.3. The molecule has 164 valence electrons. The highest BCUT2D eigenvalue weighted by Gasteiger charge is 2.03. The maximum atomic E-state index is 2.30. The van der Waals surface area contributed by atoms with E-state index in [9.17, 15) is 0 Å². The van der Waals surface area contributed by atoms with Crippen molar-refractivity contribution in [2.24, 2.45) is 0 Å². The van der Waals surface area contributed by atoms with E-state index < -0.39 is 0 Å². The Morgan fingerprint density at radius 2 is 0.964 bits per heavy atom. The SMILES string of the molecule is CCCCCCCCCCCCCCCCCCc1ccccc1N(C)C.Cl. The summed E-state index contributed by atoms with van der Waals surface area (Å²) >= 11 is 0. The van der Waals surface area contributed by atoms with E-state index in [1.807, 2.05) is 0 Å². The molecule has 0 aliphatic heterocycles. The van der Waals surface area contributed by atoms with Crippen molar-refractivity contribution in [3.8, 4) is 0 Å². The molecule has 0 saturated heterocycles. The summed E-state index contributed by atoms with van der Waals surface area (Å²) in [6.07, 6.45) is 24.3. The zero-order chi connectivity index (χ0) is 19.6. The number of nitrogens with zero attached hydrogens (tertiary/aromatic N) is 1. The molecule has 1 rings (SSSR count). The van der Waals surface area contributed by atoms with Crippen LogP contribution in [0.2, 0.25) is 0 Å². The van der Waals surface area contributed by atoms with Crippen molar-refractivity contribution in [1.82, 2.24) is 0 Å². The minimum absolute atomic E-state index is 0. The lowest BCUT2D eigenvalue weighted by Crippen LogP contribution is -2.11.